The summed E-state index contributed by atoms with van der Waals surface area (Å²) >= 11 is 3.51. The molecule has 1 atom stereocenters. The van der Waals surface area contributed by atoms with E-state index in [2.05, 4.69) is 45.2 Å². The molecule has 0 aliphatic carbocycles. The molecule has 5 heteroatoms. The summed E-state index contributed by atoms with van der Waals surface area (Å²) in [6, 6.07) is 6.15. The van der Waals surface area contributed by atoms with Crippen molar-refractivity contribution < 1.29 is 9.84 Å². The van der Waals surface area contributed by atoms with Crippen molar-refractivity contribution in [3.63, 3.8) is 0 Å². The van der Waals surface area contributed by atoms with Crippen molar-refractivity contribution in [2.45, 2.75) is 13.0 Å². The van der Waals surface area contributed by atoms with Crippen LogP contribution in [-0.4, -0.2) is 55.5 Å². The number of hydrogen-bond donors (Lipinski definition) is 2. The molecule has 2 rings (SSSR count). The molecule has 19 heavy (non-hydrogen) atoms. The van der Waals surface area contributed by atoms with E-state index in [1.165, 1.54) is 5.56 Å². The summed E-state index contributed by atoms with van der Waals surface area (Å²) in [6.07, 6.45) is -0.370. The summed E-state index contributed by atoms with van der Waals surface area (Å²) in [5.74, 6) is 0. The van der Waals surface area contributed by atoms with E-state index in [1.54, 1.807) is 0 Å². The summed E-state index contributed by atoms with van der Waals surface area (Å²) in [4.78, 5) is 2.24. The number of β-amino-alcohol motifs (C(OH)–C–C–N with tert-alkyl or cyclic N) is 1. The molecule has 0 bridgehead atoms. The number of aryl methyl sites for hydroxylation is 1. The molecule has 4 nitrogen and oxygen atoms in total. The van der Waals surface area contributed by atoms with Crippen LogP contribution in [0.25, 0.3) is 0 Å². The van der Waals surface area contributed by atoms with Gasteiger partial charge in [0.05, 0.1) is 19.3 Å². The van der Waals surface area contributed by atoms with Crippen molar-refractivity contribution in [1.29, 1.82) is 0 Å². The second-order valence-electron chi connectivity index (χ2n) is 4.93. The van der Waals surface area contributed by atoms with Crippen molar-refractivity contribution in [2.24, 2.45) is 0 Å². The van der Waals surface area contributed by atoms with Gasteiger partial charge in [-0.25, -0.2) is 0 Å². The second-order valence-corrected chi connectivity index (χ2v) is 5.79. The largest absolute Gasteiger partial charge is 0.390 e. The summed E-state index contributed by atoms with van der Waals surface area (Å²) in [5.41, 5.74) is 2.23. The Morgan fingerprint density at radius 1 is 1.42 bits per heavy atom. The van der Waals surface area contributed by atoms with Crippen LogP contribution in [0.4, 0.5) is 5.69 Å². The van der Waals surface area contributed by atoms with Crippen LogP contribution >= 0.6 is 15.9 Å². The number of nitrogens with zero attached hydrogens (tertiary/aromatic N) is 1. The molecule has 1 fully saturated rings. The number of nitrogens with one attached hydrogen (secondary N) is 1. The van der Waals surface area contributed by atoms with Crippen LogP contribution in [0, 0.1) is 6.92 Å². The zero-order chi connectivity index (χ0) is 13.7. The van der Waals surface area contributed by atoms with E-state index in [4.69, 9.17) is 4.74 Å². The van der Waals surface area contributed by atoms with Crippen molar-refractivity contribution >= 4 is 21.6 Å². The summed E-state index contributed by atoms with van der Waals surface area (Å²) in [6.45, 7) is 6.66. The average Bonchev–Trinajstić information content (AvgIpc) is 2.41. The summed E-state index contributed by atoms with van der Waals surface area (Å²) in [5, 5.41) is 13.4. The van der Waals surface area contributed by atoms with Crippen LogP contribution in [0.5, 0.6) is 0 Å². The lowest BCUT2D eigenvalue weighted by Crippen LogP contribution is -2.42. The van der Waals surface area contributed by atoms with E-state index >= 15 is 0 Å². The van der Waals surface area contributed by atoms with Gasteiger partial charge in [0.25, 0.3) is 0 Å². The van der Waals surface area contributed by atoms with Gasteiger partial charge in [-0.3, -0.25) is 4.90 Å². The first-order valence-corrected chi connectivity index (χ1v) is 7.42. The number of morpholine rings is 1. The SMILES string of the molecule is Cc1ccc(Br)c(NCC(O)CN2CCOCC2)c1. The maximum absolute atomic E-state index is 10.1. The highest BCUT2D eigenvalue weighted by molar-refractivity contribution is 9.10. The van der Waals surface area contributed by atoms with Crippen LogP contribution < -0.4 is 5.32 Å². The predicted octanol–water partition coefficient (Wildman–Crippen LogP) is 1.86. The Kier molecular flexibility index (Phi) is 5.63. The Balaban J connectivity index is 1.79. The number of aliphatic hydroxyl groups is 1. The van der Waals surface area contributed by atoms with E-state index in [-0.39, 0.29) is 6.10 Å². The van der Waals surface area contributed by atoms with Gasteiger partial charge >= 0.3 is 0 Å². The molecule has 2 N–H and O–H groups in total. The lowest BCUT2D eigenvalue weighted by atomic mass is 10.2. The number of anilines is 1. The van der Waals surface area contributed by atoms with Crippen LogP contribution in [0.1, 0.15) is 5.56 Å². The van der Waals surface area contributed by atoms with Gasteiger partial charge in [-0.1, -0.05) is 6.07 Å². The maximum Gasteiger partial charge on any atom is 0.0839 e. The monoisotopic (exact) mass is 328 g/mol. The first-order valence-electron chi connectivity index (χ1n) is 6.63. The minimum atomic E-state index is -0.370. The molecule has 1 aromatic carbocycles. The van der Waals surface area contributed by atoms with Gasteiger partial charge in [0, 0.05) is 36.3 Å². The Labute approximate surface area is 122 Å². The number of hydrogen-bond acceptors (Lipinski definition) is 4. The van der Waals surface area contributed by atoms with E-state index in [1.807, 2.05) is 6.07 Å². The molecular formula is C14H21BrN2O2. The molecule has 1 unspecified atom stereocenters. The molecule has 106 valence electrons. The smallest absolute Gasteiger partial charge is 0.0839 e. The fourth-order valence-electron chi connectivity index (χ4n) is 2.15. The molecular weight excluding hydrogens is 308 g/mol. The van der Waals surface area contributed by atoms with Gasteiger partial charge in [0.1, 0.15) is 0 Å². The highest BCUT2D eigenvalue weighted by Gasteiger charge is 2.14. The molecule has 0 saturated carbocycles. The Hall–Kier alpha value is -0.620. The summed E-state index contributed by atoms with van der Waals surface area (Å²) in [7, 11) is 0. The number of rotatable bonds is 5. The Bertz CT molecular complexity index is 408. The summed E-state index contributed by atoms with van der Waals surface area (Å²) < 4.78 is 6.32. The maximum atomic E-state index is 10.1. The van der Waals surface area contributed by atoms with Gasteiger partial charge < -0.3 is 15.2 Å². The quantitative estimate of drug-likeness (QED) is 0.866. The normalized spacial score (nSPS) is 18.3. The topological polar surface area (TPSA) is 44.7 Å². The zero-order valence-corrected chi connectivity index (χ0v) is 12.8. The Morgan fingerprint density at radius 2 is 2.16 bits per heavy atom. The molecule has 0 radical (unpaired) electrons. The number of halogens is 1. The van der Waals surface area contributed by atoms with Gasteiger partial charge in [0.2, 0.25) is 0 Å². The fraction of sp³-hybridized carbons (Fsp3) is 0.571. The second kappa shape index (κ2) is 7.24. The van der Waals surface area contributed by atoms with Gasteiger partial charge in [0.15, 0.2) is 0 Å². The number of ether oxygens (including phenoxy) is 1. The van der Waals surface area contributed by atoms with Crippen LogP contribution in [0.15, 0.2) is 22.7 Å². The van der Waals surface area contributed by atoms with Crippen molar-refractivity contribution in [3.05, 3.63) is 28.2 Å². The zero-order valence-electron chi connectivity index (χ0n) is 11.2. The highest BCUT2D eigenvalue weighted by Crippen LogP contribution is 2.23. The average molecular weight is 329 g/mol. The van der Waals surface area contributed by atoms with Crippen LogP contribution in [-0.2, 0) is 4.74 Å². The molecule has 1 heterocycles. The van der Waals surface area contributed by atoms with Gasteiger partial charge in [-0.15, -0.1) is 0 Å². The van der Waals surface area contributed by atoms with E-state index in [9.17, 15) is 5.11 Å². The molecule has 1 aliphatic heterocycles. The van der Waals surface area contributed by atoms with Crippen molar-refractivity contribution in [3.8, 4) is 0 Å². The third-order valence-corrected chi connectivity index (χ3v) is 3.91. The lowest BCUT2D eigenvalue weighted by Gasteiger charge is -2.28. The minimum Gasteiger partial charge on any atom is -0.390 e. The minimum absolute atomic E-state index is 0.370. The molecule has 0 spiro atoms. The van der Waals surface area contributed by atoms with Gasteiger partial charge in [-0.2, -0.15) is 0 Å². The number of benzene rings is 1. The third-order valence-electron chi connectivity index (χ3n) is 3.22. The van der Waals surface area contributed by atoms with Crippen LogP contribution in [0.2, 0.25) is 0 Å². The van der Waals surface area contributed by atoms with Gasteiger partial charge in [-0.05, 0) is 40.5 Å². The van der Waals surface area contributed by atoms with Crippen molar-refractivity contribution in [1.82, 2.24) is 4.90 Å². The molecule has 1 aliphatic rings. The van der Waals surface area contributed by atoms with Crippen LogP contribution in [0.3, 0.4) is 0 Å². The first kappa shape index (κ1) is 14.8. The molecule has 0 amide bonds. The standard InChI is InChI=1S/C14H21BrN2O2/c1-11-2-3-13(15)14(8-11)16-9-12(18)10-17-4-6-19-7-5-17/h2-3,8,12,16,18H,4-7,9-10H2,1H3. The highest BCUT2D eigenvalue weighted by atomic mass is 79.9. The van der Waals surface area contributed by atoms with E-state index < -0.39 is 0 Å². The first-order chi connectivity index (χ1) is 9.15. The fourth-order valence-corrected chi connectivity index (χ4v) is 2.54. The van der Waals surface area contributed by atoms with E-state index in [0.717, 1.165) is 36.5 Å². The Morgan fingerprint density at radius 3 is 2.89 bits per heavy atom. The predicted molar refractivity (Wildman–Crippen MR) is 80.6 cm³/mol. The molecule has 1 aromatic rings. The number of aliphatic hydroxyl groups excluding tert-OH is 1. The third kappa shape index (κ3) is 4.76. The van der Waals surface area contributed by atoms with Crippen molar-refractivity contribution in [2.75, 3.05) is 44.7 Å². The lowest BCUT2D eigenvalue weighted by molar-refractivity contribution is 0.0171. The molecule has 0 aromatic heterocycles. The van der Waals surface area contributed by atoms with E-state index in [0.29, 0.717) is 13.1 Å². The molecule has 1 saturated heterocycles.